The quantitative estimate of drug-likeness (QED) is 0.937. The Bertz CT molecular complexity index is 557. The van der Waals surface area contributed by atoms with Crippen molar-refractivity contribution in [3.05, 3.63) is 33.5 Å². The standard InChI is InChI=1S/C11H11BrN4OS/c1-2-3-9-15-16-11(18-9)14-10(17)7-4-8(12)6-13-5-7/h4-6H,2-3H2,1H3,(H,14,16,17). The number of hydrogen-bond donors (Lipinski definition) is 1. The summed E-state index contributed by atoms with van der Waals surface area (Å²) in [5.74, 6) is -0.233. The first-order chi connectivity index (χ1) is 8.69. The van der Waals surface area contributed by atoms with Crippen LogP contribution in [0, 0.1) is 0 Å². The van der Waals surface area contributed by atoms with Gasteiger partial charge < -0.3 is 0 Å². The number of carbonyl (C=O) groups excluding carboxylic acids is 1. The van der Waals surface area contributed by atoms with Crippen LogP contribution < -0.4 is 5.32 Å². The maximum Gasteiger partial charge on any atom is 0.259 e. The molecule has 0 aromatic carbocycles. The largest absolute Gasteiger partial charge is 0.296 e. The second-order valence-electron chi connectivity index (χ2n) is 3.60. The molecule has 94 valence electrons. The zero-order valence-electron chi connectivity index (χ0n) is 9.68. The van der Waals surface area contributed by atoms with Crippen molar-refractivity contribution in [2.24, 2.45) is 0 Å². The predicted molar refractivity (Wildman–Crippen MR) is 73.8 cm³/mol. The van der Waals surface area contributed by atoms with Gasteiger partial charge in [-0.15, -0.1) is 10.2 Å². The minimum Gasteiger partial charge on any atom is -0.296 e. The Kier molecular flexibility index (Phi) is 4.38. The second-order valence-corrected chi connectivity index (χ2v) is 5.57. The summed E-state index contributed by atoms with van der Waals surface area (Å²) in [5.41, 5.74) is 0.483. The van der Waals surface area contributed by atoms with Crippen LogP contribution in [0.4, 0.5) is 5.13 Å². The molecule has 0 aliphatic heterocycles. The first-order valence-corrected chi connectivity index (χ1v) is 7.04. The van der Waals surface area contributed by atoms with Gasteiger partial charge in [0.05, 0.1) is 5.56 Å². The Morgan fingerprint density at radius 2 is 2.28 bits per heavy atom. The Hall–Kier alpha value is -1.34. The summed E-state index contributed by atoms with van der Waals surface area (Å²) in [6.45, 7) is 2.08. The zero-order chi connectivity index (χ0) is 13.0. The Labute approximate surface area is 117 Å². The highest BCUT2D eigenvalue weighted by molar-refractivity contribution is 9.10. The maximum atomic E-state index is 11.9. The SMILES string of the molecule is CCCc1nnc(NC(=O)c2cncc(Br)c2)s1. The van der Waals surface area contributed by atoms with Crippen LogP contribution in [0.5, 0.6) is 0 Å². The fourth-order valence-corrected chi connectivity index (χ4v) is 2.53. The minimum absolute atomic E-state index is 0.233. The van der Waals surface area contributed by atoms with E-state index in [4.69, 9.17) is 0 Å². The first-order valence-electron chi connectivity index (χ1n) is 5.43. The molecule has 2 aromatic heterocycles. The average Bonchev–Trinajstić information content (AvgIpc) is 2.77. The molecule has 0 atom stereocenters. The molecule has 2 heterocycles. The van der Waals surface area contributed by atoms with E-state index in [1.54, 1.807) is 12.3 Å². The van der Waals surface area contributed by atoms with Crippen molar-refractivity contribution in [2.45, 2.75) is 19.8 Å². The summed E-state index contributed by atoms with van der Waals surface area (Å²) in [4.78, 5) is 15.8. The van der Waals surface area contributed by atoms with Gasteiger partial charge in [-0.25, -0.2) is 0 Å². The van der Waals surface area contributed by atoms with Crippen molar-refractivity contribution in [1.82, 2.24) is 15.2 Å². The number of carbonyl (C=O) groups is 1. The molecule has 18 heavy (non-hydrogen) atoms. The summed E-state index contributed by atoms with van der Waals surface area (Å²) < 4.78 is 0.763. The van der Waals surface area contributed by atoms with Crippen LogP contribution in [0.15, 0.2) is 22.9 Å². The minimum atomic E-state index is -0.233. The third-order valence-corrected chi connectivity index (χ3v) is 3.45. The highest BCUT2D eigenvalue weighted by Crippen LogP contribution is 2.18. The van der Waals surface area contributed by atoms with Crippen molar-refractivity contribution in [2.75, 3.05) is 5.32 Å². The van der Waals surface area contributed by atoms with Crippen LogP contribution in [-0.2, 0) is 6.42 Å². The van der Waals surface area contributed by atoms with Crippen molar-refractivity contribution in [1.29, 1.82) is 0 Å². The predicted octanol–water partition coefficient (Wildman–Crippen LogP) is 2.90. The van der Waals surface area contributed by atoms with Gasteiger partial charge in [-0.3, -0.25) is 15.1 Å². The third kappa shape index (κ3) is 3.33. The summed E-state index contributed by atoms with van der Waals surface area (Å²) in [7, 11) is 0. The molecule has 0 saturated heterocycles. The lowest BCUT2D eigenvalue weighted by Crippen LogP contribution is -2.11. The molecule has 5 nitrogen and oxygen atoms in total. The van der Waals surface area contributed by atoms with Gasteiger partial charge in [0, 0.05) is 23.3 Å². The van der Waals surface area contributed by atoms with Crippen molar-refractivity contribution in [3.63, 3.8) is 0 Å². The summed E-state index contributed by atoms with van der Waals surface area (Å²) in [5, 5.41) is 12.1. The lowest BCUT2D eigenvalue weighted by Gasteiger charge is -2.00. The van der Waals surface area contributed by atoms with Crippen LogP contribution in [0.2, 0.25) is 0 Å². The van der Waals surface area contributed by atoms with Crippen LogP contribution >= 0.6 is 27.3 Å². The van der Waals surface area contributed by atoms with E-state index >= 15 is 0 Å². The number of pyridine rings is 1. The highest BCUT2D eigenvalue weighted by atomic mass is 79.9. The Morgan fingerprint density at radius 3 is 3.00 bits per heavy atom. The van der Waals surface area contributed by atoms with Crippen molar-refractivity contribution in [3.8, 4) is 0 Å². The number of hydrogen-bond acceptors (Lipinski definition) is 5. The Morgan fingerprint density at radius 1 is 1.44 bits per heavy atom. The number of anilines is 1. The highest BCUT2D eigenvalue weighted by Gasteiger charge is 2.10. The molecule has 0 unspecified atom stereocenters. The van der Waals surface area contributed by atoms with Gasteiger partial charge in [0.25, 0.3) is 5.91 Å². The number of nitrogens with one attached hydrogen (secondary N) is 1. The topological polar surface area (TPSA) is 67.8 Å². The molecule has 1 N–H and O–H groups in total. The van der Waals surface area contributed by atoms with Crippen LogP contribution in [0.3, 0.4) is 0 Å². The first kappa shape index (κ1) is 13.1. The lowest BCUT2D eigenvalue weighted by atomic mass is 10.3. The average molecular weight is 327 g/mol. The molecule has 0 aliphatic carbocycles. The van der Waals surface area contributed by atoms with E-state index in [-0.39, 0.29) is 5.91 Å². The number of rotatable bonds is 4. The van der Waals surface area contributed by atoms with Crippen molar-refractivity contribution < 1.29 is 4.79 Å². The fraction of sp³-hybridized carbons (Fsp3) is 0.273. The summed E-state index contributed by atoms with van der Waals surface area (Å²) in [6, 6.07) is 1.70. The molecular formula is C11H11BrN4OS. The molecule has 0 saturated carbocycles. The molecule has 2 rings (SSSR count). The number of aryl methyl sites for hydroxylation is 1. The van der Waals surface area contributed by atoms with E-state index in [9.17, 15) is 4.79 Å². The number of aromatic nitrogens is 3. The molecule has 1 amide bonds. The molecule has 0 bridgehead atoms. The normalized spacial score (nSPS) is 10.3. The van der Waals surface area contributed by atoms with Gasteiger partial charge in [0.2, 0.25) is 5.13 Å². The summed E-state index contributed by atoms with van der Waals surface area (Å²) in [6.07, 6.45) is 5.03. The molecule has 0 radical (unpaired) electrons. The van der Waals surface area contributed by atoms with Gasteiger partial charge in [-0.1, -0.05) is 18.3 Å². The van der Waals surface area contributed by atoms with Gasteiger partial charge in [0.15, 0.2) is 0 Å². The zero-order valence-corrected chi connectivity index (χ0v) is 12.1. The maximum absolute atomic E-state index is 11.9. The fourth-order valence-electron chi connectivity index (χ4n) is 1.32. The Balaban J connectivity index is 2.06. The molecule has 0 aliphatic rings. The van der Waals surface area contributed by atoms with E-state index in [0.717, 1.165) is 22.3 Å². The van der Waals surface area contributed by atoms with Crippen molar-refractivity contribution >= 4 is 38.3 Å². The molecular weight excluding hydrogens is 316 g/mol. The lowest BCUT2D eigenvalue weighted by molar-refractivity contribution is 0.102. The smallest absolute Gasteiger partial charge is 0.259 e. The van der Waals surface area contributed by atoms with Gasteiger partial charge in [0.1, 0.15) is 5.01 Å². The monoisotopic (exact) mass is 326 g/mol. The molecule has 7 heteroatoms. The third-order valence-electron chi connectivity index (χ3n) is 2.12. The van der Waals surface area contributed by atoms with Crippen LogP contribution in [0.1, 0.15) is 28.7 Å². The van der Waals surface area contributed by atoms with E-state index in [1.807, 2.05) is 0 Å². The molecule has 2 aromatic rings. The molecule has 0 spiro atoms. The van der Waals surface area contributed by atoms with E-state index in [2.05, 4.69) is 43.4 Å². The number of nitrogens with zero attached hydrogens (tertiary/aromatic N) is 3. The van der Waals surface area contributed by atoms with E-state index in [1.165, 1.54) is 17.5 Å². The van der Waals surface area contributed by atoms with Crippen LogP contribution in [0.25, 0.3) is 0 Å². The van der Waals surface area contributed by atoms with E-state index < -0.39 is 0 Å². The number of halogens is 1. The van der Waals surface area contributed by atoms with E-state index in [0.29, 0.717) is 10.7 Å². The van der Waals surface area contributed by atoms with Gasteiger partial charge in [-0.05, 0) is 28.4 Å². The van der Waals surface area contributed by atoms with Gasteiger partial charge >= 0.3 is 0 Å². The number of amides is 1. The summed E-state index contributed by atoms with van der Waals surface area (Å²) >= 11 is 4.67. The van der Waals surface area contributed by atoms with Gasteiger partial charge in [-0.2, -0.15) is 0 Å². The second kappa shape index (κ2) is 6.01. The van der Waals surface area contributed by atoms with Crippen LogP contribution in [-0.4, -0.2) is 21.1 Å². The molecule has 0 fully saturated rings.